The molecule has 2 nitrogen and oxygen atoms in total. The van der Waals surface area contributed by atoms with Gasteiger partial charge in [-0.1, -0.05) is 27.4 Å². The third kappa shape index (κ3) is 3.52. The van der Waals surface area contributed by atoms with Crippen LogP contribution in [0.15, 0.2) is 17.4 Å². The molecule has 0 heterocycles. The van der Waals surface area contributed by atoms with E-state index in [-0.39, 0.29) is 11.0 Å². The summed E-state index contributed by atoms with van der Waals surface area (Å²) in [4.78, 5) is 0. The Morgan fingerprint density at radius 3 is 1.79 bits per heavy atom. The third-order valence-electron chi connectivity index (χ3n) is 1.99. The highest BCUT2D eigenvalue weighted by Crippen LogP contribution is 2.31. The van der Waals surface area contributed by atoms with Crippen molar-refractivity contribution in [2.24, 2.45) is 10.5 Å². The van der Waals surface area contributed by atoms with Gasteiger partial charge in [-0.2, -0.15) is 5.10 Å². The summed E-state index contributed by atoms with van der Waals surface area (Å²) in [6.45, 7) is 18.9. The van der Waals surface area contributed by atoms with Gasteiger partial charge in [-0.05, 0) is 27.7 Å². The van der Waals surface area contributed by atoms with Crippen molar-refractivity contribution in [3.8, 4) is 0 Å². The van der Waals surface area contributed by atoms with Gasteiger partial charge in [0.15, 0.2) is 0 Å². The molecule has 0 aliphatic rings. The van der Waals surface area contributed by atoms with Crippen LogP contribution < -0.4 is 0 Å². The van der Waals surface area contributed by atoms with E-state index in [9.17, 15) is 0 Å². The first kappa shape index (κ1) is 13.2. The van der Waals surface area contributed by atoms with E-state index in [2.05, 4.69) is 53.2 Å². The lowest BCUT2D eigenvalue weighted by Gasteiger charge is -2.39. The minimum absolute atomic E-state index is 0.0170. The predicted octanol–water partition coefficient (Wildman–Crippen LogP) is 3.65. The molecule has 0 N–H and O–H groups in total. The fourth-order valence-electron chi connectivity index (χ4n) is 1.08. The van der Waals surface area contributed by atoms with Crippen molar-refractivity contribution in [1.82, 2.24) is 5.01 Å². The molecule has 0 aliphatic carbocycles. The summed E-state index contributed by atoms with van der Waals surface area (Å²) in [6, 6.07) is 0. The summed E-state index contributed by atoms with van der Waals surface area (Å²) in [5.74, 6) is 0. The molecule has 0 bridgehead atoms. The summed E-state index contributed by atoms with van der Waals surface area (Å²) in [6.07, 6.45) is 1.81. The highest BCUT2D eigenvalue weighted by Gasteiger charge is 2.28. The molecule has 0 unspecified atom stereocenters. The second-order valence-corrected chi connectivity index (χ2v) is 5.55. The lowest BCUT2D eigenvalue weighted by atomic mass is 9.90. The molecule has 2 heteroatoms. The number of hydrazone groups is 1. The van der Waals surface area contributed by atoms with Crippen molar-refractivity contribution in [3.63, 3.8) is 0 Å². The Morgan fingerprint density at radius 2 is 1.57 bits per heavy atom. The van der Waals surface area contributed by atoms with Crippen LogP contribution in [0.2, 0.25) is 0 Å². The van der Waals surface area contributed by atoms with Gasteiger partial charge in [-0.3, -0.25) is 5.01 Å². The number of nitrogens with zero attached hydrogens (tertiary/aromatic N) is 2. The average Bonchev–Trinajstić information content (AvgIpc) is 1.94. The van der Waals surface area contributed by atoms with E-state index in [0.717, 1.165) is 5.70 Å². The van der Waals surface area contributed by atoms with Crippen LogP contribution >= 0.6 is 0 Å². The van der Waals surface area contributed by atoms with E-state index < -0.39 is 0 Å². The van der Waals surface area contributed by atoms with Gasteiger partial charge in [-0.15, -0.1) is 0 Å². The van der Waals surface area contributed by atoms with E-state index in [1.54, 1.807) is 0 Å². The van der Waals surface area contributed by atoms with E-state index in [4.69, 9.17) is 0 Å². The van der Waals surface area contributed by atoms with Crippen LogP contribution in [0.1, 0.15) is 48.5 Å². The zero-order valence-corrected chi connectivity index (χ0v) is 10.7. The van der Waals surface area contributed by atoms with Crippen LogP contribution in [0.25, 0.3) is 0 Å². The molecular formula is C12H24N2. The van der Waals surface area contributed by atoms with E-state index in [0.29, 0.717) is 0 Å². The summed E-state index contributed by atoms with van der Waals surface area (Å²) in [7, 11) is 0. The number of allylic oxidation sites excluding steroid dienone is 1. The van der Waals surface area contributed by atoms with Crippen LogP contribution in [0, 0.1) is 5.41 Å². The van der Waals surface area contributed by atoms with Crippen LogP contribution in [0.4, 0.5) is 0 Å². The smallest absolute Gasteiger partial charge is 0.0546 e. The van der Waals surface area contributed by atoms with Crippen LogP contribution in [-0.4, -0.2) is 16.8 Å². The molecule has 0 amide bonds. The highest BCUT2D eigenvalue weighted by molar-refractivity contribution is 5.53. The molecule has 0 aromatic rings. The molecule has 0 atom stereocenters. The second-order valence-electron chi connectivity index (χ2n) is 5.55. The maximum absolute atomic E-state index is 4.37. The quantitative estimate of drug-likeness (QED) is 0.486. The molecule has 0 fully saturated rings. The van der Waals surface area contributed by atoms with E-state index in [1.807, 2.05) is 18.1 Å². The van der Waals surface area contributed by atoms with Gasteiger partial charge in [0.05, 0.1) is 5.54 Å². The van der Waals surface area contributed by atoms with Gasteiger partial charge in [-0.25, -0.2) is 0 Å². The highest BCUT2D eigenvalue weighted by atomic mass is 15.5. The largest absolute Gasteiger partial charge is 0.265 e. The summed E-state index contributed by atoms with van der Waals surface area (Å²) < 4.78 is 0. The monoisotopic (exact) mass is 196 g/mol. The molecule has 0 aliphatic heterocycles. The van der Waals surface area contributed by atoms with Gasteiger partial charge < -0.3 is 0 Å². The first-order chi connectivity index (χ1) is 6.10. The van der Waals surface area contributed by atoms with Crippen molar-refractivity contribution >= 4 is 6.21 Å². The fourth-order valence-corrected chi connectivity index (χ4v) is 1.08. The number of hydrogen-bond acceptors (Lipinski definition) is 2. The summed E-state index contributed by atoms with van der Waals surface area (Å²) in [5, 5.41) is 6.36. The first-order valence-electron chi connectivity index (χ1n) is 5.09. The molecule has 14 heavy (non-hydrogen) atoms. The minimum Gasteiger partial charge on any atom is -0.265 e. The topological polar surface area (TPSA) is 15.6 Å². The van der Waals surface area contributed by atoms with E-state index in [1.165, 1.54) is 0 Å². The van der Waals surface area contributed by atoms with Crippen molar-refractivity contribution in [2.75, 3.05) is 0 Å². The molecule has 82 valence electrons. The zero-order chi connectivity index (χ0) is 11.6. The van der Waals surface area contributed by atoms with Crippen LogP contribution in [-0.2, 0) is 0 Å². The zero-order valence-electron chi connectivity index (χ0n) is 10.7. The Bertz CT molecular complexity index is 226. The third-order valence-corrected chi connectivity index (χ3v) is 1.99. The Labute approximate surface area is 88.7 Å². The standard InChI is InChI=1S/C12H24N2/c1-9-13-14(12(6,7)8)10(2)11(3,4)5/h9H,2H2,1,3-8H3/b13-9-. The predicted molar refractivity (Wildman–Crippen MR) is 64.4 cm³/mol. The van der Waals surface area contributed by atoms with Crippen molar-refractivity contribution in [3.05, 3.63) is 12.3 Å². The van der Waals surface area contributed by atoms with Crippen molar-refractivity contribution < 1.29 is 0 Å². The Kier molecular flexibility index (Phi) is 3.92. The SMILES string of the molecule is C=C(N(/N=C\C)C(C)(C)C)C(C)(C)C. The van der Waals surface area contributed by atoms with Gasteiger partial charge in [0.25, 0.3) is 0 Å². The van der Waals surface area contributed by atoms with Crippen molar-refractivity contribution in [2.45, 2.75) is 54.0 Å². The Morgan fingerprint density at radius 1 is 1.14 bits per heavy atom. The number of rotatable bonds is 2. The van der Waals surface area contributed by atoms with Gasteiger partial charge in [0, 0.05) is 17.3 Å². The molecule has 0 aromatic heterocycles. The summed E-state index contributed by atoms with van der Waals surface area (Å²) >= 11 is 0. The lowest BCUT2D eigenvalue weighted by Crippen LogP contribution is -2.40. The van der Waals surface area contributed by atoms with Gasteiger partial charge >= 0.3 is 0 Å². The maximum Gasteiger partial charge on any atom is 0.0546 e. The molecule has 0 saturated heterocycles. The van der Waals surface area contributed by atoms with Gasteiger partial charge in [0.1, 0.15) is 0 Å². The maximum atomic E-state index is 4.37. The summed E-state index contributed by atoms with van der Waals surface area (Å²) in [5.41, 5.74) is 1.08. The fraction of sp³-hybridized carbons (Fsp3) is 0.750. The van der Waals surface area contributed by atoms with Gasteiger partial charge in [0.2, 0.25) is 0 Å². The molecule has 0 rings (SSSR count). The van der Waals surface area contributed by atoms with Crippen molar-refractivity contribution in [1.29, 1.82) is 0 Å². The number of hydrogen-bond donors (Lipinski definition) is 0. The average molecular weight is 196 g/mol. The first-order valence-corrected chi connectivity index (χ1v) is 5.09. The Hall–Kier alpha value is -0.790. The Balaban J connectivity index is 4.96. The second kappa shape index (κ2) is 4.16. The van der Waals surface area contributed by atoms with E-state index >= 15 is 0 Å². The lowest BCUT2D eigenvalue weighted by molar-refractivity contribution is 0.156. The van der Waals surface area contributed by atoms with Crippen LogP contribution in [0.5, 0.6) is 0 Å². The molecule has 0 spiro atoms. The normalized spacial score (nSPS) is 13.4. The molecule has 0 saturated carbocycles. The minimum atomic E-state index is -0.0170. The molecular weight excluding hydrogens is 172 g/mol. The van der Waals surface area contributed by atoms with Crippen LogP contribution in [0.3, 0.4) is 0 Å². The molecule has 0 radical (unpaired) electrons. The molecule has 0 aromatic carbocycles.